The standard InChI is InChI=1S/C35H43ClN6O3S3.ClH/c1-3-42-30(48-32(33(42)44)34-40(2)26-16-15-23(36)20-28(26)47-34)21-24-12-8-11-19-41(24)18-10-5-4-9-17-37-29(43)14-7-6-13-27-31-25(22-46-27)38-35(45)39-31;/h8,11-12,15-16,19-21,25,27,31H,3-7,9-10,13-14,17-18,22H2,1-2H3,(H2-,37,38,39,43,45);1H/b34-32+;/t25-,27-,31-;/m0./s1. The van der Waals surface area contributed by atoms with Crippen molar-refractivity contribution in [1.29, 1.82) is 0 Å². The number of hydrogen-bond donors (Lipinski definition) is 3. The Bertz CT molecular complexity index is 1830. The normalized spacial score (nSPS) is 20.9. The van der Waals surface area contributed by atoms with E-state index in [1.807, 2.05) is 54.6 Å². The number of fused-ring (bicyclic) bond motifs is 2. The minimum absolute atomic E-state index is 0. The fraction of sp³-hybridized carbons (Fsp3) is 0.486. The highest BCUT2D eigenvalue weighted by molar-refractivity contribution is 8.08. The van der Waals surface area contributed by atoms with Crippen molar-refractivity contribution in [1.82, 2.24) is 20.5 Å². The first-order chi connectivity index (χ1) is 23.3. The lowest BCUT2D eigenvalue weighted by Crippen LogP contribution is -3.00. The van der Waals surface area contributed by atoms with E-state index in [4.69, 9.17) is 11.6 Å². The predicted molar refractivity (Wildman–Crippen MR) is 198 cm³/mol. The summed E-state index contributed by atoms with van der Waals surface area (Å²) < 4.78 is 5.81. The SMILES string of the molecule is CCn1c(=O)/c(=C2\Sc3cc(Cl)ccc3N2C)s/c1=C\c1cccc[n+]1CCCCCCNC(=O)CCCC[C@@H]1SC[C@@H]2NC(=O)N[C@@H]21.[Cl-]. The molecule has 6 rings (SSSR count). The molecular weight excluding hydrogens is 720 g/mol. The average molecular weight is 764 g/mol. The summed E-state index contributed by atoms with van der Waals surface area (Å²) in [4.78, 5) is 40.6. The van der Waals surface area contributed by atoms with Gasteiger partial charge >= 0.3 is 6.03 Å². The Morgan fingerprint density at radius 3 is 2.78 bits per heavy atom. The highest BCUT2D eigenvalue weighted by Gasteiger charge is 2.42. The van der Waals surface area contributed by atoms with Gasteiger partial charge in [-0.15, -0.1) is 11.3 Å². The van der Waals surface area contributed by atoms with E-state index in [-0.39, 0.29) is 42.0 Å². The maximum Gasteiger partial charge on any atom is 0.315 e. The zero-order valence-corrected chi connectivity index (χ0v) is 31.8. The molecule has 3 atom stereocenters. The number of halogens is 2. The molecule has 264 valence electrons. The fourth-order valence-corrected chi connectivity index (χ4v) is 10.9. The van der Waals surface area contributed by atoms with Crippen LogP contribution in [0.4, 0.5) is 10.5 Å². The Balaban J connectivity index is 0.00000468. The number of aryl methyl sites for hydroxylation is 1. The number of nitrogens with one attached hydrogen (secondary N) is 3. The number of hydrogen-bond acceptors (Lipinski definition) is 7. The summed E-state index contributed by atoms with van der Waals surface area (Å²) in [6.45, 7) is 4.23. The van der Waals surface area contributed by atoms with Crippen molar-refractivity contribution in [3.05, 3.63) is 72.9 Å². The summed E-state index contributed by atoms with van der Waals surface area (Å²) in [6.07, 6.45) is 11.9. The molecule has 14 heteroatoms. The number of carbonyl (C=O) groups excluding carboxylic acids is 2. The molecule has 2 saturated heterocycles. The van der Waals surface area contributed by atoms with E-state index in [2.05, 4.69) is 49.8 Å². The summed E-state index contributed by atoms with van der Waals surface area (Å²) in [5, 5.41) is 11.2. The van der Waals surface area contributed by atoms with E-state index < -0.39 is 0 Å². The quantitative estimate of drug-likeness (QED) is 0.131. The number of pyridine rings is 1. The van der Waals surface area contributed by atoms with Gasteiger partial charge in [0.15, 0.2) is 6.20 Å². The van der Waals surface area contributed by atoms with Gasteiger partial charge < -0.3 is 33.3 Å². The number of nitrogens with zero attached hydrogens (tertiary/aromatic N) is 3. The van der Waals surface area contributed by atoms with Crippen LogP contribution in [-0.4, -0.2) is 53.2 Å². The molecule has 9 nitrogen and oxygen atoms in total. The predicted octanol–water partition coefficient (Wildman–Crippen LogP) is 1.41. The van der Waals surface area contributed by atoms with Crippen LogP contribution in [0.15, 0.2) is 52.3 Å². The molecule has 0 unspecified atom stereocenters. The number of carbonyl (C=O) groups is 2. The first-order valence-corrected chi connectivity index (χ1v) is 20.0. The number of benzene rings is 1. The molecule has 0 aliphatic carbocycles. The lowest BCUT2D eigenvalue weighted by Gasteiger charge is -2.16. The average Bonchev–Trinajstić information content (AvgIpc) is 3.80. The molecule has 2 aromatic heterocycles. The lowest BCUT2D eigenvalue weighted by atomic mass is 10.0. The van der Waals surface area contributed by atoms with Crippen LogP contribution < -0.4 is 52.6 Å². The van der Waals surface area contributed by atoms with E-state index >= 15 is 0 Å². The maximum absolute atomic E-state index is 13.6. The van der Waals surface area contributed by atoms with E-state index in [1.54, 1.807) is 23.1 Å². The largest absolute Gasteiger partial charge is 1.00 e. The highest BCUT2D eigenvalue weighted by atomic mass is 35.5. The second kappa shape index (κ2) is 17.5. The van der Waals surface area contributed by atoms with Gasteiger partial charge in [0.2, 0.25) is 11.6 Å². The van der Waals surface area contributed by atoms with E-state index in [0.717, 1.165) is 94.3 Å². The molecule has 0 spiro atoms. The molecule has 0 bridgehead atoms. The topological polar surface area (TPSA) is 99.3 Å². The van der Waals surface area contributed by atoms with Gasteiger partial charge in [0.25, 0.3) is 5.56 Å². The summed E-state index contributed by atoms with van der Waals surface area (Å²) in [6, 6.07) is 12.5. The molecule has 0 radical (unpaired) electrons. The Morgan fingerprint density at radius 1 is 1.10 bits per heavy atom. The smallest absolute Gasteiger partial charge is 0.315 e. The zero-order chi connectivity index (χ0) is 33.6. The van der Waals surface area contributed by atoms with Crippen molar-refractivity contribution in [2.24, 2.45) is 0 Å². The second-order valence-electron chi connectivity index (χ2n) is 12.5. The molecule has 3 aliphatic rings. The third-order valence-electron chi connectivity index (χ3n) is 9.19. The summed E-state index contributed by atoms with van der Waals surface area (Å²) >= 11 is 11.3. The van der Waals surface area contributed by atoms with Gasteiger partial charge in [-0.1, -0.05) is 36.2 Å². The van der Waals surface area contributed by atoms with Crippen LogP contribution in [0, 0.1) is 0 Å². The van der Waals surface area contributed by atoms with Crippen LogP contribution in [0.5, 0.6) is 0 Å². The first-order valence-electron chi connectivity index (χ1n) is 16.9. The van der Waals surface area contributed by atoms with Crippen molar-refractivity contribution in [3.63, 3.8) is 0 Å². The molecule has 3 amide bonds. The second-order valence-corrected chi connectivity index (χ2v) is 16.3. The van der Waals surface area contributed by atoms with Gasteiger partial charge in [0.1, 0.15) is 20.8 Å². The van der Waals surface area contributed by atoms with Crippen LogP contribution in [0.2, 0.25) is 5.02 Å². The van der Waals surface area contributed by atoms with Gasteiger partial charge in [-0.3, -0.25) is 14.2 Å². The summed E-state index contributed by atoms with van der Waals surface area (Å²) in [7, 11) is 2.00. The van der Waals surface area contributed by atoms with E-state index in [0.29, 0.717) is 23.2 Å². The van der Waals surface area contributed by atoms with Gasteiger partial charge in [-0.05, 0) is 56.9 Å². The minimum Gasteiger partial charge on any atom is -1.00 e. The number of thiazole rings is 1. The molecule has 3 aromatic rings. The fourth-order valence-electron chi connectivity index (χ4n) is 6.60. The molecule has 1 aromatic carbocycles. The molecule has 0 saturated carbocycles. The lowest BCUT2D eigenvalue weighted by molar-refractivity contribution is -0.699. The Morgan fingerprint density at radius 2 is 1.94 bits per heavy atom. The van der Waals surface area contributed by atoms with Crippen LogP contribution in [0.25, 0.3) is 11.1 Å². The molecule has 49 heavy (non-hydrogen) atoms. The van der Waals surface area contributed by atoms with Crippen molar-refractivity contribution in [2.75, 3.05) is 24.2 Å². The van der Waals surface area contributed by atoms with Crippen LogP contribution in [0.1, 0.15) is 64.0 Å². The Kier molecular flexibility index (Phi) is 13.5. The summed E-state index contributed by atoms with van der Waals surface area (Å²) in [5.41, 5.74) is 2.17. The van der Waals surface area contributed by atoms with E-state index in [1.165, 1.54) is 0 Å². The van der Waals surface area contributed by atoms with Gasteiger partial charge in [0.05, 0.1) is 17.8 Å². The number of amides is 3. The minimum atomic E-state index is -0.0465. The van der Waals surface area contributed by atoms with E-state index in [9.17, 15) is 14.4 Å². The number of thioether (sulfide) groups is 2. The van der Waals surface area contributed by atoms with Crippen molar-refractivity contribution in [3.8, 4) is 0 Å². The van der Waals surface area contributed by atoms with Crippen molar-refractivity contribution in [2.45, 2.75) is 93.6 Å². The van der Waals surface area contributed by atoms with Crippen molar-refractivity contribution >= 4 is 75.2 Å². The Labute approximate surface area is 311 Å². The Hall–Kier alpha value is -2.64. The van der Waals surface area contributed by atoms with Crippen LogP contribution in [0.3, 0.4) is 0 Å². The molecule has 2 fully saturated rings. The number of urea groups is 1. The molecular formula is C35H44Cl2N6O3S3. The van der Waals surface area contributed by atoms with Crippen molar-refractivity contribution < 1.29 is 26.6 Å². The number of anilines is 1. The third kappa shape index (κ3) is 9.00. The molecule has 3 N–H and O–H groups in total. The number of aromatic nitrogens is 2. The molecule has 5 heterocycles. The summed E-state index contributed by atoms with van der Waals surface area (Å²) in [5.74, 6) is 1.11. The third-order valence-corrected chi connectivity index (χ3v) is 13.4. The maximum atomic E-state index is 13.6. The zero-order valence-electron chi connectivity index (χ0n) is 27.9. The number of rotatable bonds is 14. The van der Waals surface area contributed by atoms with Crippen LogP contribution in [-0.2, 0) is 17.9 Å². The highest BCUT2D eigenvalue weighted by Crippen LogP contribution is 2.46. The van der Waals surface area contributed by atoms with Crippen LogP contribution >= 0.6 is 46.5 Å². The monoisotopic (exact) mass is 762 g/mol. The van der Waals surface area contributed by atoms with Gasteiger partial charge in [0, 0.05) is 72.1 Å². The number of unbranched alkanes of at least 4 members (excludes halogenated alkanes) is 4. The van der Waals surface area contributed by atoms with Gasteiger partial charge in [-0.25, -0.2) is 4.79 Å². The first kappa shape index (κ1) is 37.6. The van der Waals surface area contributed by atoms with Gasteiger partial charge in [-0.2, -0.15) is 16.3 Å². The molecule has 3 aliphatic heterocycles.